The highest BCUT2D eigenvalue weighted by atomic mass is 16.5. The molecule has 0 aliphatic heterocycles. The Kier molecular flexibility index (Phi) is 6.36. The Morgan fingerprint density at radius 1 is 1.07 bits per heavy atom. The number of rotatable bonds is 7. The number of ether oxygens (including phenoxy) is 2. The molecule has 0 saturated carbocycles. The highest BCUT2D eigenvalue weighted by Crippen LogP contribution is 2.09. The van der Waals surface area contributed by atoms with E-state index in [1.807, 2.05) is 36.5 Å². The summed E-state index contributed by atoms with van der Waals surface area (Å²) in [5.74, 6) is -0.903. The molecule has 3 rings (SSSR count). The molecule has 0 unspecified atom stereocenters. The molecular weight excluding hydrogens is 356 g/mol. The van der Waals surface area contributed by atoms with Crippen LogP contribution in [0, 0.1) is 0 Å². The molecule has 0 spiro atoms. The highest BCUT2D eigenvalue weighted by Gasteiger charge is 2.07. The van der Waals surface area contributed by atoms with Crippen LogP contribution in [0.2, 0.25) is 0 Å². The van der Waals surface area contributed by atoms with Gasteiger partial charge in [0.1, 0.15) is 6.61 Å². The van der Waals surface area contributed by atoms with Gasteiger partial charge >= 0.3 is 11.9 Å². The number of hydrogen-bond acceptors (Lipinski definition) is 5. The van der Waals surface area contributed by atoms with Crippen molar-refractivity contribution < 1.29 is 19.1 Å². The number of esters is 2. The zero-order chi connectivity index (χ0) is 19.8. The predicted molar refractivity (Wildman–Crippen MR) is 104 cm³/mol. The van der Waals surface area contributed by atoms with E-state index in [0.29, 0.717) is 17.7 Å². The molecular formula is C22H20N2O4. The van der Waals surface area contributed by atoms with E-state index >= 15 is 0 Å². The molecule has 142 valence electrons. The van der Waals surface area contributed by atoms with Gasteiger partial charge in [-0.05, 0) is 29.3 Å². The summed E-state index contributed by atoms with van der Waals surface area (Å²) in [6.07, 6.45) is 6.55. The maximum absolute atomic E-state index is 11.9. The Morgan fingerprint density at radius 3 is 2.64 bits per heavy atom. The third kappa shape index (κ3) is 5.41. The van der Waals surface area contributed by atoms with Crippen molar-refractivity contribution in [1.29, 1.82) is 0 Å². The van der Waals surface area contributed by atoms with Crippen molar-refractivity contribution in [2.75, 3.05) is 7.11 Å². The minimum Gasteiger partial charge on any atom is -0.465 e. The topological polar surface area (TPSA) is 70.4 Å². The molecule has 1 heterocycles. The highest BCUT2D eigenvalue weighted by molar-refractivity contribution is 5.89. The first-order valence-electron chi connectivity index (χ1n) is 8.72. The number of nitrogens with zero attached hydrogens (tertiary/aromatic N) is 2. The van der Waals surface area contributed by atoms with Gasteiger partial charge in [0.05, 0.1) is 25.4 Å². The van der Waals surface area contributed by atoms with Crippen LogP contribution in [-0.4, -0.2) is 28.8 Å². The number of carbonyl (C=O) groups excluding carboxylic acids is 2. The fourth-order valence-corrected chi connectivity index (χ4v) is 2.60. The monoisotopic (exact) mass is 376 g/mol. The van der Waals surface area contributed by atoms with Crippen LogP contribution >= 0.6 is 0 Å². The van der Waals surface area contributed by atoms with E-state index in [1.165, 1.54) is 13.2 Å². The van der Waals surface area contributed by atoms with Crippen LogP contribution in [0.3, 0.4) is 0 Å². The summed E-state index contributed by atoms with van der Waals surface area (Å²) in [7, 11) is 1.32. The van der Waals surface area contributed by atoms with Gasteiger partial charge < -0.3 is 9.47 Å². The normalized spacial score (nSPS) is 10.8. The molecule has 0 aliphatic rings. The fraction of sp³-hybridized carbons (Fsp3) is 0.136. The second-order valence-electron chi connectivity index (χ2n) is 6.09. The van der Waals surface area contributed by atoms with Crippen molar-refractivity contribution in [3.63, 3.8) is 0 Å². The Labute approximate surface area is 163 Å². The van der Waals surface area contributed by atoms with Crippen LogP contribution in [0.4, 0.5) is 0 Å². The molecule has 0 atom stereocenters. The molecule has 6 heteroatoms. The summed E-state index contributed by atoms with van der Waals surface area (Å²) in [5, 5.41) is 4.29. The largest absolute Gasteiger partial charge is 0.465 e. The van der Waals surface area contributed by atoms with Crippen molar-refractivity contribution in [1.82, 2.24) is 9.78 Å². The summed E-state index contributed by atoms with van der Waals surface area (Å²) in [5.41, 5.74) is 3.08. The fourth-order valence-electron chi connectivity index (χ4n) is 2.60. The summed E-state index contributed by atoms with van der Waals surface area (Å²) < 4.78 is 11.7. The van der Waals surface area contributed by atoms with Gasteiger partial charge in [-0.25, -0.2) is 9.59 Å². The zero-order valence-corrected chi connectivity index (χ0v) is 15.4. The number of carbonyl (C=O) groups is 2. The maximum Gasteiger partial charge on any atom is 0.337 e. The van der Waals surface area contributed by atoms with E-state index in [4.69, 9.17) is 4.74 Å². The first-order chi connectivity index (χ1) is 13.6. The number of hydrogen-bond donors (Lipinski definition) is 0. The van der Waals surface area contributed by atoms with Crippen LogP contribution in [0.15, 0.2) is 73.1 Å². The molecule has 28 heavy (non-hydrogen) atoms. The molecule has 0 N–H and O–H groups in total. The minimum atomic E-state index is -0.473. The van der Waals surface area contributed by atoms with Crippen LogP contribution in [0.1, 0.15) is 27.0 Å². The number of methoxy groups -OCH3 is 1. The summed E-state index contributed by atoms with van der Waals surface area (Å²) >= 11 is 0. The zero-order valence-electron chi connectivity index (χ0n) is 15.4. The van der Waals surface area contributed by atoms with E-state index in [-0.39, 0.29) is 6.61 Å². The van der Waals surface area contributed by atoms with Gasteiger partial charge in [0.2, 0.25) is 0 Å². The van der Waals surface area contributed by atoms with Gasteiger partial charge in [-0.15, -0.1) is 0 Å². The molecule has 3 aromatic rings. The van der Waals surface area contributed by atoms with Gasteiger partial charge in [0, 0.05) is 17.8 Å². The lowest BCUT2D eigenvalue weighted by Crippen LogP contribution is -2.04. The standard InChI is InChI=1S/C22H20N2O4/c1-27-22(26)20-9-5-8-18(12-20)16-28-21(25)11-10-19-13-23-24(15-19)14-17-6-3-2-4-7-17/h2-13,15H,14,16H2,1H3/b11-10+. The maximum atomic E-state index is 11.9. The molecule has 0 radical (unpaired) electrons. The van der Waals surface area contributed by atoms with E-state index in [1.54, 1.807) is 41.2 Å². The number of aromatic nitrogens is 2. The van der Waals surface area contributed by atoms with Gasteiger partial charge in [0.25, 0.3) is 0 Å². The summed E-state index contributed by atoms with van der Waals surface area (Å²) in [6.45, 7) is 0.733. The molecule has 0 amide bonds. The van der Waals surface area contributed by atoms with Crippen LogP contribution in [0.5, 0.6) is 0 Å². The van der Waals surface area contributed by atoms with Crippen LogP contribution < -0.4 is 0 Å². The first-order valence-corrected chi connectivity index (χ1v) is 8.72. The van der Waals surface area contributed by atoms with E-state index in [2.05, 4.69) is 9.84 Å². The minimum absolute atomic E-state index is 0.0707. The van der Waals surface area contributed by atoms with Gasteiger partial charge in [-0.1, -0.05) is 42.5 Å². The van der Waals surface area contributed by atoms with Crippen molar-refractivity contribution in [2.24, 2.45) is 0 Å². The van der Waals surface area contributed by atoms with Gasteiger partial charge in [-0.3, -0.25) is 4.68 Å². The van der Waals surface area contributed by atoms with E-state index < -0.39 is 11.9 Å². The lowest BCUT2D eigenvalue weighted by molar-refractivity contribution is -0.138. The van der Waals surface area contributed by atoms with E-state index in [9.17, 15) is 9.59 Å². The summed E-state index contributed by atoms with van der Waals surface area (Å²) in [4.78, 5) is 23.5. The lowest BCUT2D eigenvalue weighted by atomic mass is 10.1. The SMILES string of the molecule is COC(=O)c1cccc(COC(=O)/C=C/c2cnn(Cc3ccccc3)c2)c1. The van der Waals surface area contributed by atoms with Crippen molar-refractivity contribution >= 4 is 18.0 Å². The second-order valence-corrected chi connectivity index (χ2v) is 6.09. The molecule has 2 aromatic carbocycles. The Hall–Kier alpha value is -3.67. The van der Waals surface area contributed by atoms with Crippen LogP contribution in [0.25, 0.3) is 6.08 Å². The third-order valence-electron chi connectivity index (χ3n) is 3.98. The smallest absolute Gasteiger partial charge is 0.337 e. The molecule has 1 aromatic heterocycles. The molecule has 0 saturated heterocycles. The average molecular weight is 376 g/mol. The van der Waals surface area contributed by atoms with Crippen molar-refractivity contribution in [2.45, 2.75) is 13.2 Å². The van der Waals surface area contributed by atoms with E-state index in [0.717, 1.165) is 11.1 Å². The quantitative estimate of drug-likeness (QED) is 0.466. The van der Waals surface area contributed by atoms with Crippen molar-refractivity contribution in [3.8, 4) is 0 Å². The first kappa shape index (κ1) is 19.1. The van der Waals surface area contributed by atoms with Crippen molar-refractivity contribution in [3.05, 3.63) is 95.3 Å². The predicted octanol–water partition coefficient (Wildman–Crippen LogP) is 3.47. The average Bonchev–Trinajstić information content (AvgIpc) is 3.18. The Morgan fingerprint density at radius 2 is 1.86 bits per heavy atom. The molecule has 0 bridgehead atoms. The Bertz CT molecular complexity index is 977. The van der Waals surface area contributed by atoms with Gasteiger partial charge in [-0.2, -0.15) is 5.10 Å². The second kappa shape index (κ2) is 9.32. The third-order valence-corrected chi connectivity index (χ3v) is 3.98. The molecule has 0 aliphatic carbocycles. The lowest BCUT2D eigenvalue weighted by Gasteiger charge is -2.04. The molecule has 0 fully saturated rings. The van der Waals surface area contributed by atoms with Crippen LogP contribution in [-0.2, 0) is 27.4 Å². The Balaban J connectivity index is 1.52. The number of benzene rings is 2. The van der Waals surface area contributed by atoms with Gasteiger partial charge in [0.15, 0.2) is 0 Å². The molecule has 6 nitrogen and oxygen atoms in total. The summed E-state index contributed by atoms with van der Waals surface area (Å²) in [6, 6.07) is 16.8.